The molecule has 3 N–H and O–H groups in total. The van der Waals surface area contributed by atoms with Crippen molar-refractivity contribution in [2.24, 2.45) is 5.73 Å². The molecule has 0 spiro atoms. The Morgan fingerprint density at radius 3 is 2.41 bits per heavy atom. The van der Waals surface area contributed by atoms with Gasteiger partial charge in [-0.2, -0.15) is 0 Å². The van der Waals surface area contributed by atoms with Gasteiger partial charge in [0.1, 0.15) is 10.8 Å². The summed E-state index contributed by atoms with van der Waals surface area (Å²) in [7, 11) is 0. The van der Waals surface area contributed by atoms with Crippen LogP contribution in [0, 0.1) is 5.82 Å². The van der Waals surface area contributed by atoms with Crippen LogP contribution >= 0.6 is 11.3 Å². The minimum Gasteiger partial charge on any atom is -0.365 e. The zero-order chi connectivity index (χ0) is 22.7. The van der Waals surface area contributed by atoms with E-state index < -0.39 is 5.91 Å². The minimum absolute atomic E-state index is 0.00373. The molecule has 1 aromatic heterocycles. The standard InChI is InChI=1S/C23H27FN4O3S/c24-16-7-5-15(6-8-16)13-20(30)28-11-9-27(10-12-28)14-19(29)26-23-21(22(25)31)17-3-1-2-4-18(17)32-23/h5-8H,1-4,9-14H2,(H2,25,31)(H,26,29). The molecular weight excluding hydrogens is 431 g/mol. The molecule has 0 bridgehead atoms. The molecule has 1 aliphatic carbocycles. The number of carbonyl (C=O) groups excluding carboxylic acids is 3. The van der Waals surface area contributed by atoms with E-state index >= 15 is 0 Å². The van der Waals surface area contributed by atoms with Gasteiger partial charge in [0.2, 0.25) is 11.8 Å². The summed E-state index contributed by atoms with van der Waals surface area (Å²) in [5.74, 6) is -1.00. The fourth-order valence-electron chi connectivity index (χ4n) is 4.33. The monoisotopic (exact) mass is 458 g/mol. The molecule has 0 radical (unpaired) electrons. The normalized spacial score (nSPS) is 16.5. The van der Waals surface area contributed by atoms with Crippen molar-refractivity contribution in [3.05, 3.63) is 51.7 Å². The molecule has 2 aliphatic rings. The molecule has 7 nitrogen and oxygen atoms in total. The van der Waals surface area contributed by atoms with Gasteiger partial charge >= 0.3 is 0 Å². The summed E-state index contributed by atoms with van der Waals surface area (Å²) in [6, 6.07) is 5.95. The van der Waals surface area contributed by atoms with E-state index in [0.29, 0.717) is 36.7 Å². The van der Waals surface area contributed by atoms with Crippen LogP contribution in [0.4, 0.5) is 9.39 Å². The second-order valence-electron chi connectivity index (χ2n) is 8.29. The number of nitrogens with one attached hydrogen (secondary N) is 1. The third kappa shape index (κ3) is 5.16. The number of aryl methyl sites for hydroxylation is 1. The number of primary amides is 1. The van der Waals surface area contributed by atoms with Crippen molar-refractivity contribution in [2.75, 3.05) is 38.0 Å². The summed E-state index contributed by atoms with van der Waals surface area (Å²) in [6.45, 7) is 2.44. The molecule has 2 aromatic rings. The number of thiophene rings is 1. The molecule has 4 rings (SSSR count). The first-order valence-electron chi connectivity index (χ1n) is 10.9. The maximum absolute atomic E-state index is 13.0. The van der Waals surface area contributed by atoms with Crippen LogP contribution in [-0.4, -0.2) is 60.2 Å². The van der Waals surface area contributed by atoms with E-state index in [4.69, 9.17) is 5.73 Å². The first kappa shape index (κ1) is 22.4. The van der Waals surface area contributed by atoms with Gasteiger partial charge in [0.25, 0.3) is 5.91 Å². The van der Waals surface area contributed by atoms with Gasteiger partial charge in [-0.05, 0) is 48.9 Å². The third-order valence-corrected chi connectivity index (χ3v) is 7.24. The largest absolute Gasteiger partial charge is 0.365 e. The number of hydrogen-bond donors (Lipinski definition) is 2. The second kappa shape index (κ2) is 9.79. The minimum atomic E-state index is -0.493. The van der Waals surface area contributed by atoms with Gasteiger partial charge in [-0.3, -0.25) is 19.3 Å². The molecule has 0 atom stereocenters. The lowest BCUT2D eigenvalue weighted by atomic mass is 9.95. The van der Waals surface area contributed by atoms with Crippen molar-refractivity contribution in [3.8, 4) is 0 Å². The van der Waals surface area contributed by atoms with Crippen LogP contribution in [0.3, 0.4) is 0 Å². The first-order valence-corrected chi connectivity index (χ1v) is 11.7. The lowest BCUT2D eigenvalue weighted by Gasteiger charge is -2.34. The Labute approximate surface area is 190 Å². The van der Waals surface area contributed by atoms with Crippen molar-refractivity contribution >= 4 is 34.1 Å². The van der Waals surface area contributed by atoms with Crippen molar-refractivity contribution in [1.82, 2.24) is 9.80 Å². The molecule has 9 heteroatoms. The number of amides is 3. The number of rotatable bonds is 6. The molecule has 170 valence electrons. The predicted octanol–water partition coefficient (Wildman–Crippen LogP) is 2.19. The Kier molecular flexibility index (Phi) is 6.86. The highest BCUT2D eigenvalue weighted by Gasteiger charge is 2.26. The Morgan fingerprint density at radius 2 is 1.72 bits per heavy atom. The molecule has 1 saturated heterocycles. The van der Waals surface area contributed by atoms with Crippen LogP contribution in [0.25, 0.3) is 0 Å². The lowest BCUT2D eigenvalue weighted by molar-refractivity contribution is -0.132. The van der Waals surface area contributed by atoms with E-state index in [9.17, 15) is 18.8 Å². The summed E-state index contributed by atoms with van der Waals surface area (Å²) in [5.41, 5.74) is 7.84. The highest BCUT2D eigenvalue weighted by atomic mass is 32.1. The third-order valence-electron chi connectivity index (χ3n) is 6.03. The summed E-state index contributed by atoms with van der Waals surface area (Å²) >= 11 is 1.46. The van der Waals surface area contributed by atoms with Crippen LogP contribution in [0.1, 0.15) is 39.2 Å². The Morgan fingerprint density at radius 1 is 1.03 bits per heavy atom. The van der Waals surface area contributed by atoms with Gasteiger partial charge in [-0.25, -0.2) is 4.39 Å². The van der Waals surface area contributed by atoms with E-state index in [-0.39, 0.29) is 30.6 Å². The van der Waals surface area contributed by atoms with E-state index in [2.05, 4.69) is 5.32 Å². The van der Waals surface area contributed by atoms with Crippen LogP contribution in [-0.2, 0) is 28.9 Å². The number of piperazine rings is 1. The Hall–Kier alpha value is -2.78. The van der Waals surface area contributed by atoms with Gasteiger partial charge < -0.3 is 16.0 Å². The van der Waals surface area contributed by atoms with E-state index in [1.54, 1.807) is 17.0 Å². The molecule has 3 amide bonds. The first-order chi connectivity index (χ1) is 15.4. The predicted molar refractivity (Wildman–Crippen MR) is 121 cm³/mol. The molecule has 2 heterocycles. The average molecular weight is 459 g/mol. The fourth-order valence-corrected chi connectivity index (χ4v) is 5.64. The van der Waals surface area contributed by atoms with Crippen LogP contribution in [0.5, 0.6) is 0 Å². The number of nitrogens with zero attached hydrogens (tertiary/aromatic N) is 2. The summed E-state index contributed by atoms with van der Waals surface area (Å²) in [4.78, 5) is 42.1. The SMILES string of the molecule is NC(=O)c1c(NC(=O)CN2CCN(C(=O)Cc3ccc(F)cc3)CC2)sc2c1CCCC2. The lowest BCUT2D eigenvalue weighted by Crippen LogP contribution is -2.50. The van der Waals surface area contributed by atoms with Crippen LogP contribution in [0.2, 0.25) is 0 Å². The molecular formula is C23H27FN4O3S. The van der Waals surface area contributed by atoms with Gasteiger partial charge in [-0.1, -0.05) is 12.1 Å². The van der Waals surface area contributed by atoms with E-state index in [1.807, 2.05) is 4.90 Å². The van der Waals surface area contributed by atoms with Crippen molar-refractivity contribution in [3.63, 3.8) is 0 Å². The average Bonchev–Trinajstić information content (AvgIpc) is 3.13. The van der Waals surface area contributed by atoms with Gasteiger partial charge in [0, 0.05) is 31.1 Å². The summed E-state index contributed by atoms with van der Waals surface area (Å²) in [6.07, 6.45) is 4.10. The zero-order valence-electron chi connectivity index (χ0n) is 17.9. The number of carbonyl (C=O) groups is 3. The van der Waals surface area contributed by atoms with E-state index in [1.165, 1.54) is 23.5 Å². The van der Waals surface area contributed by atoms with Crippen molar-refractivity contribution in [1.29, 1.82) is 0 Å². The molecule has 0 saturated carbocycles. The maximum Gasteiger partial charge on any atom is 0.251 e. The molecule has 32 heavy (non-hydrogen) atoms. The Balaban J connectivity index is 1.29. The number of fused-ring (bicyclic) bond motifs is 1. The fraction of sp³-hybridized carbons (Fsp3) is 0.435. The number of hydrogen-bond acceptors (Lipinski definition) is 5. The van der Waals surface area contributed by atoms with Crippen LogP contribution < -0.4 is 11.1 Å². The number of anilines is 1. The molecule has 1 aromatic carbocycles. The smallest absolute Gasteiger partial charge is 0.251 e. The van der Waals surface area contributed by atoms with Crippen LogP contribution in [0.15, 0.2) is 24.3 Å². The van der Waals surface area contributed by atoms with Crippen molar-refractivity contribution < 1.29 is 18.8 Å². The second-order valence-corrected chi connectivity index (χ2v) is 9.39. The highest BCUT2D eigenvalue weighted by Crippen LogP contribution is 2.37. The van der Waals surface area contributed by atoms with Gasteiger partial charge in [-0.15, -0.1) is 11.3 Å². The highest BCUT2D eigenvalue weighted by molar-refractivity contribution is 7.17. The van der Waals surface area contributed by atoms with Gasteiger partial charge in [0.15, 0.2) is 0 Å². The maximum atomic E-state index is 13.0. The number of nitrogens with two attached hydrogens (primary N) is 1. The summed E-state index contributed by atoms with van der Waals surface area (Å²) < 4.78 is 13.0. The molecule has 1 aliphatic heterocycles. The number of benzene rings is 1. The van der Waals surface area contributed by atoms with Gasteiger partial charge in [0.05, 0.1) is 18.5 Å². The number of halogens is 1. The zero-order valence-corrected chi connectivity index (χ0v) is 18.7. The molecule has 0 unspecified atom stereocenters. The Bertz CT molecular complexity index is 1010. The molecule has 1 fully saturated rings. The quantitative estimate of drug-likeness (QED) is 0.694. The summed E-state index contributed by atoms with van der Waals surface area (Å²) in [5, 5.41) is 3.45. The topological polar surface area (TPSA) is 95.7 Å². The van der Waals surface area contributed by atoms with E-state index in [0.717, 1.165) is 41.7 Å². The van der Waals surface area contributed by atoms with Crippen molar-refractivity contribution in [2.45, 2.75) is 32.1 Å².